The molecule has 2 aromatic rings. The van der Waals surface area contributed by atoms with E-state index in [2.05, 4.69) is 5.16 Å². The Labute approximate surface area is 132 Å². The lowest BCUT2D eigenvalue weighted by Gasteiger charge is -2.10. The lowest BCUT2D eigenvalue weighted by molar-refractivity contribution is 0.305. The van der Waals surface area contributed by atoms with Gasteiger partial charge in [0, 0.05) is 11.6 Å². The number of nitrogens with two attached hydrogens (primary N) is 1. The van der Waals surface area contributed by atoms with E-state index >= 15 is 0 Å². The van der Waals surface area contributed by atoms with Crippen molar-refractivity contribution in [2.75, 3.05) is 0 Å². The molecule has 0 aliphatic heterocycles. The van der Waals surface area contributed by atoms with Gasteiger partial charge in [0.2, 0.25) is 0 Å². The average Bonchev–Trinajstić information content (AvgIpc) is 2.48. The Hall–Kier alpha value is -1.91. The van der Waals surface area contributed by atoms with Crippen molar-refractivity contribution in [2.24, 2.45) is 10.9 Å². The van der Waals surface area contributed by atoms with Crippen LogP contribution in [0.2, 0.25) is 10.0 Å². The lowest BCUT2D eigenvalue weighted by atomic mass is 10.1. The molecule has 2 aromatic carbocycles. The fraction of sp³-hybridized carbons (Fsp3) is 0.133. The maximum absolute atomic E-state index is 8.66. The molecule has 0 spiro atoms. The van der Waals surface area contributed by atoms with Crippen molar-refractivity contribution < 1.29 is 9.94 Å². The smallest absolute Gasteiger partial charge is 0.170 e. The van der Waals surface area contributed by atoms with Crippen LogP contribution in [-0.4, -0.2) is 11.0 Å². The van der Waals surface area contributed by atoms with Gasteiger partial charge in [-0.1, -0.05) is 40.5 Å². The third kappa shape index (κ3) is 3.80. The highest BCUT2D eigenvalue weighted by Gasteiger charge is 2.05. The van der Waals surface area contributed by atoms with Gasteiger partial charge in [-0.05, 0) is 36.2 Å². The molecule has 0 atom stereocenters. The summed E-state index contributed by atoms with van der Waals surface area (Å²) in [5.41, 5.74) is 8.19. The Morgan fingerprint density at radius 3 is 2.57 bits per heavy atom. The molecular weight excluding hydrogens is 311 g/mol. The zero-order valence-corrected chi connectivity index (χ0v) is 12.8. The van der Waals surface area contributed by atoms with E-state index in [9.17, 15) is 0 Å². The maximum atomic E-state index is 8.66. The lowest BCUT2D eigenvalue weighted by Crippen LogP contribution is -2.13. The van der Waals surface area contributed by atoms with Gasteiger partial charge in [0.1, 0.15) is 12.4 Å². The van der Waals surface area contributed by atoms with Gasteiger partial charge in [0.25, 0.3) is 0 Å². The number of oxime groups is 1. The summed E-state index contributed by atoms with van der Waals surface area (Å²) in [6, 6.07) is 10.6. The summed E-state index contributed by atoms with van der Waals surface area (Å²) >= 11 is 11.8. The van der Waals surface area contributed by atoms with E-state index in [0.717, 1.165) is 11.1 Å². The molecule has 6 heteroatoms. The van der Waals surface area contributed by atoms with Crippen LogP contribution < -0.4 is 10.5 Å². The van der Waals surface area contributed by atoms with Crippen LogP contribution >= 0.6 is 23.2 Å². The molecule has 21 heavy (non-hydrogen) atoms. The quantitative estimate of drug-likeness (QED) is 0.387. The monoisotopic (exact) mass is 324 g/mol. The minimum atomic E-state index is 0.0788. The average molecular weight is 325 g/mol. The molecule has 0 radical (unpaired) electrons. The van der Waals surface area contributed by atoms with Crippen LogP contribution in [0.15, 0.2) is 41.6 Å². The molecule has 0 amide bonds. The molecule has 0 saturated heterocycles. The number of rotatable bonds is 4. The number of hydrogen-bond acceptors (Lipinski definition) is 3. The topological polar surface area (TPSA) is 67.8 Å². The zero-order valence-electron chi connectivity index (χ0n) is 11.3. The number of aryl methyl sites for hydroxylation is 1. The Morgan fingerprint density at radius 2 is 1.95 bits per heavy atom. The summed E-state index contributed by atoms with van der Waals surface area (Å²) < 4.78 is 5.68. The first kappa shape index (κ1) is 15.5. The number of nitrogens with zero attached hydrogens (tertiary/aromatic N) is 1. The number of amidine groups is 1. The van der Waals surface area contributed by atoms with Crippen molar-refractivity contribution >= 4 is 29.0 Å². The summed E-state index contributed by atoms with van der Waals surface area (Å²) in [5, 5.41) is 12.6. The second-order valence-electron chi connectivity index (χ2n) is 4.49. The van der Waals surface area contributed by atoms with E-state index in [0.29, 0.717) is 28.0 Å². The van der Waals surface area contributed by atoms with E-state index in [-0.39, 0.29) is 5.84 Å². The number of ether oxygens (including phenoxy) is 1. The highest BCUT2D eigenvalue weighted by atomic mass is 35.5. The Morgan fingerprint density at radius 1 is 1.19 bits per heavy atom. The van der Waals surface area contributed by atoms with E-state index in [1.54, 1.807) is 24.3 Å². The first-order chi connectivity index (χ1) is 10.0. The minimum Gasteiger partial charge on any atom is -0.489 e. The Balaban J connectivity index is 2.11. The molecule has 2 rings (SSSR count). The summed E-state index contributed by atoms with van der Waals surface area (Å²) in [6.45, 7) is 2.32. The highest BCUT2D eigenvalue weighted by Crippen LogP contribution is 2.27. The molecule has 0 heterocycles. The molecule has 4 nitrogen and oxygen atoms in total. The number of hydrogen-bond donors (Lipinski definition) is 2. The highest BCUT2D eigenvalue weighted by molar-refractivity contribution is 6.42. The standard InChI is InChI=1S/C15H14Cl2N2O2/c1-9-6-10(15(18)19-20)2-3-11(9)8-21-12-4-5-13(16)14(17)7-12/h2-7,20H,8H2,1H3,(H2,18,19). The van der Waals surface area contributed by atoms with Crippen molar-refractivity contribution in [1.29, 1.82) is 0 Å². The van der Waals surface area contributed by atoms with Gasteiger partial charge in [-0.25, -0.2) is 0 Å². The fourth-order valence-corrected chi connectivity index (χ4v) is 2.09. The van der Waals surface area contributed by atoms with Gasteiger partial charge in [0.15, 0.2) is 5.84 Å². The van der Waals surface area contributed by atoms with Gasteiger partial charge >= 0.3 is 0 Å². The molecule has 0 bridgehead atoms. The maximum Gasteiger partial charge on any atom is 0.170 e. The number of halogens is 2. The van der Waals surface area contributed by atoms with Crippen LogP contribution in [0.1, 0.15) is 16.7 Å². The molecule has 0 saturated carbocycles. The molecule has 0 aliphatic carbocycles. The largest absolute Gasteiger partial charge is 0.489 e. The molecule has 3 N–H and O–H groups in total. The van der Waals surface area contributed by atoms with Crippen LogP contribution in [-0.2, 0) is 6.61 Å². The third-order valence-corrected chi connectivity index (χ3v) is 3.77. The van der Waals surface area contributed by atoms with Crippen LogP contribution in [0.4, 0.5) is 0 Å². The Bertz CT molecular complexity index is 687. The van der Waals surface area contributed by atoms with Gasteiger partial charge < -0.3 is 15.7 Å². The molecule has 0 aromatic heterocycles. The normalized spacial score (nSPS) is 11.5. The van der Waals surface area contributed by atoms with E-state index < -0.39 is 0 Å². The first-order valence-electron chi connectivity index (χ1n) is 6.16. The summed E-state index contributed by atoms with van der Waals surface area (Å²) in [6.07, 6.45) is 0. The van der Waals surface area contributed by atoms with E-state index in [1.165, 1.54) is 0 Å². The van der Waals surface area contributed by atoms with Gasteiger partial charge in [-0.15, -0.1) is 0 Å². The van der Waals surface area contributed by atoms with Gasteiger partial charge in [-0.2, -0.15) is 0 Å². The predicted octanol–water partition coefficient (Wildman–Crippen LogP) is 3.98. The minimum absolute atomic E-state index is 0.0788. The zero-order chi connectivity index (χ0) is 15.4. The summed E-state index contributed by atoms with van der Waals surface area (Å²) in [7, 11) is 0. The van der Waals surface area contributed by atoms with Crippen LogP contribution in [0.25, 0.3) is 0 Å². The third-order valence-electron chi connectivity index (χ3n) is 3.03. The Kier molecular flexibility index (Phi) is 4.94. The second-order valence-corrected chi connectivity index (χ2v) is 5.31. The molecule has 110 valence electrons. The first-order valence-corrected chi connectivity index (χ1v) is 6.92. The van der Waals surface area contributed by atoms with Crippen LogP contribution in [0, 0.1) is 6.92 Å². The molecule has 0 unspecified atom stereocenters. The van der Waals surface area contributed by atoms with Crippen LogP contribution in [0.3, 0.4) is 0 Å². The summed E-state index contributed by atoms with van der Waals surface area (Å²) in [5.74, 6) is 0.722. The number of benzene rings is 2. The van der Waals surface area contributed by atoms with Crippen molar-refractivity contribution in [3.05, 3.63) is 63.1 Å². The SMILES string of the molecule is Cc1cc(/C(N)=N/O)ccc1COc1ccc(Cl)c(Cl)c1. The molecule has 0 fully saturated rings. The summed E-state index contributed by atoms with van der Waals surface area (Å²) in [4.78, 5) is 0. The molecule has 0 aliphatic rings. The van der Waals surface area contributed by atoms with Gasteiger partial charge in [0.05, 0.1) is 10.0 Å². The second kappa shape index (κ2) is 6.70. The van der Waals surface area contributed by atoms with Crippen molar-refractivity contribution in [1.82, 2.24) is 0 Å². The van der Waals surface area contributed by atoms with Crippen molar-refractivity contribution in [3.63, 3.8) is 0 Å². The van der Waals surface area contributed by atoms with Crippen molar-refractivity contribution in [2.45, 2.75) is 13.5 Å². The van der Waals surface area contributed by atoms with E-state index in [1.807, 2.05) is 19.1 Å². The van der Waals surface area contributed by atoms with Crippen molar-refractivity contribution in [3.8, 4) is 5.75 Å². The molecular formula is C15H14Cl2N2O2. The predicted molar refractivity (Wildman–Crippen MR) is 84.5 cm³/mol. The van der Waals surface area contributed by atoms with E-state index in [4.69, 9.17) is 38.9 Å². The fourth-order valence-electron chi connectivity index (χ4n) is 1.80. The van der Waals surface area contributed by atoms with Gasteiger partial charge in [-0.3, -0.25) is 0 Å². The van der Waals surface area contributed by atoms with Crippen LogP contribution in [0.5, 0.6) is 5.75 Å².